The predicted octanol–water partition coefficient (Wildman–Crippen LogP) is 4.65. The summed E-state index contributed by atoms with van der Waals surface area (Å²) in [5.74, 6) is 0.0682. The zero-order valence-electron chi connectivity index (χ0n) is 16.7. The van der Waals surface area contributed by atoms with Gasteiger partial charge in [-0.2, -0.15) is 11.8 Å². The number of rotatable bonds is 4. The van der Waals surface area contributed by atoms with E-state index in [-0.39, 0.29) is 28.7 Å². The van der Waals surface area contributed by atoms with Crippen LogP contribution >= 0.6 is 11.8 Å². The number of amides is 1. The molecule has 1 saturated carbocycles. The zero-order chi connectivity index (χ0) is 20.7. The highest BCUT2D eigenvalue weighted by atomic mass is 32.2. The van der Waals surface area contributed by atoms with E-state index in [9.17, 15) is 14.7 Å². The van der Waals surface area contributed by atoms with Crippen LogP contribution in [-0.4, -0.2) is 40.3 Å². The Hall–Kier alpha value is -2.47. The molecule has 1 heterocycles. The number of aliphatic carboxylic acids is 1. The quantitative estimate of drug-likeness (QED) is 0.748. The standard InChI is InChI=1S/C24H25NO4S/c26-22(27)15-11-24(12-15)13-16(9-10-30-24)25-23(28)29-14-21-19-7-3-1-5-17(19)18-6-2-4-8-20(18)21/h1-8,15-16,21H,9-14H2,(H,25,28)(H,26,27). The smallest absolute Gasteiger partial charge is 0.407 e. The second-order valence-corrected chi connectivity index (χ2v) is 10.2. The van der Waals surface area contributed by atoms with Crippen LogP contribution in [0.4, 0.5) is 4.79 Å². The van der Waals surface area contributed by atoms with E-state index in [1.165, 1.54) is 22.3 Å². The number of thioether (sulfide) groups is 1. The van der Waals surface area contributed by atoms with E-state index in [1.807, 2.05) is 36.0 Å². The predicted molar refractivity (Wildman–Crippen MR) is 117 cm³/mol. The summed E-state index contributed by atoms with van der Waals surface area (Å²) in [7, 11) is 0. The molecule has 30 heavy (non-hydrogen) atoms. The van der Waals surface area contributed by atoms with E-state index >= 15 is 0 Å². The lowest BCUT2D eigenvalue weighted by molar-refractivity contribution is -0.145. The lowest BCUT2D eigenvalue weighted by Gasteiger charge is -2.49. The van der Waals surface area contributed by atoms with Crippen molar-refractivity contribution in [3.8, 4) is 11.1 Å². The van der Waals surface area contributed by atoms with Gasteiger partial charge in [-0.25, -0.2) is 4.79 Å². The summed E-state index contributed by atoms with van der Waals surface area (Å²) in [4.78, 5) is 23.7. The van der Waals surface area contributed by atoms with Crippen molar-refractivity contribution in [3.05, 3.63) is 59.7 Å². The van der Waals surface area contributed by atoms with Gasteiger partial charge in [-0.15, -0.1) is 0 Å². The molecule has 0 radical (unpaired) electrons. The molecule has 3 aliphatic rings. The number of ether oxygens (including phenoxy) is 1. The summed E-state index contributed by atoms with van der Waals surface area (Å²) < 4.78 is 5.69. The van der Waals surface area contributed by atoms with E-state index in [0.29, 0.717) is 19.4 Å². The fraction of sp³-hybridized carbons (Fsp3) is 0.417. The molecule has 1 amide bonds. The van der Waals surface area contributed by atoms with E-state index in [1.54, 1.807) is 0 Å². The molecule has 6 heteroatoms. The minimum atomic E-state index is -0.701. The van der Waals surface area contributed by atoms with Crippen LogP contribution in [0, 0.1) is 5.92 Å². The molecule has 1 aliphatic heterocycles. The van der Waals surface area contributed by atoms with Crippen LogP contribution in [0.3, 0.4) is 0 Å². The third kappa shape index (κ3) is 3.47. The highest BCUT2D eigenvalue weighted by Gasteiger charge is 2.50. The van der Waals surface area contributed by atoms with Gasteiger partial charge in [0.05, 0.1) is 5.92 Å². The van der Waals surface area contributed by atoms with Crippen molar-refractivity contribution in [1.82, 2.24) is 5.32 Å². The number of carbonyl (C=O) groups is 2. The number of hydrogen-bond acceptors (Lipinski definition) is 4. The molecule has 0 aromatic heterocycles. The highest BCUT2D eigenvalue weighted by Crippen LogP contribution is 2.53. The number of carboxylic acids is 1. The molecule has 2 N–H and O–H groups in total. The third-order valence-electron chi connectivity index (χ3n) is 6.74. The average Bonchev–Trinajstić information content (AvgIpc) is 3.04. The van der Waals surface area contributed by atoms with Gasteiger partial charge in [0.1, 0.15) is 6.61 Å². The highest BCUT2D eigenvalue weighted by molar-refractivity contribution is 8.00. The van der Waals surface area contributed by atoms with E-state index in [2.05, 4.69) is 29.6 Å². The molecule has 156 valence electrons. The lowest BCUT2D eigenvalue weighted by atomic mass is 9.70. The first-order valence-corrected chi connectivity index (χ1v) is 11.5. The van der Waals surface area contributed by atoms with Crippen molar-refractivity contribution in [2.45, 2.75) is 42.4 Å². The molecular formula is C24H25NO4S. The monoisotopic (exact) mass is 423 g/mol. The Balaban J connectivity index is 1.20. The maximum atomic E-state index is 12.5. The number of fused-ring (bicyclic) bond motifs is 3. The number of alkyl carbamates (subject to hydrolysis) is 1. The van der Waals surface area contributed by atoms with E-state index < -0.39 is 5.97 Å². The second-order valence-electron chi connectivity index (χ2n) is 8.63. The molecular weight excluding hydrogens is 398 g/mol. The summed E-state index contributed by atoms with van der Waals surface area (Å²) in [5, 5.41) is 12.2. The molecule has 0 bridgehead atoms. The SMILES string of the molecule is O=C(NC1CCSC2(C1)CC(C(=O)O)C2)OCC1c2ccccc2-c2ccccc21. The van der Waals surface area contributed by atoms with Gasteiger partial charge in [-0.1, -0.05) is 48.5 Å². The van der Waals surface area contributed by atoms with Crippen molar-refractivity contribution >= 4 is 23.8 Å². The Morgan fingerprint density at radius 1 is 1.03 bits per heavy atom. The maximum Gasteiger partial charge on any atom is 0.407 e. The molecule has 2 aliphatic carbocycles. The van der Waals surface area contributed by atoms with Gasteiger partial charge in [0, 0.05) is 16.7 Å². The zero-order valence-corrected chi connectivity index (χ0v) is 17.5. The van der Waals surface area contributed by atoms with Crippen LogP contribution in [0.5, 0.6) is 0 Å². The molecule has 5 nitrogen and oxygen atoms in total. The van der Waals surface area contributed by atoms with E-state index in [0.717, 1.165) is 18.6 Å². The van der Waals surface area contributed by atoms with Crippen LogP contribution in [0.1, 0.15) is 42.7 Å². The largest absolute Gasteiger partial charge is 0.481 e. The summed E-state index contributed by atoms with van der Waals surface area (Å²) in [6.45, 7) is 0.313. The number of carbonyl (C=O) groups excluding carboxylic acids is 1. The van der Waals surface area contributed by atoms with Gasteiger partial charge >= 0.3 is 12.1 Å². The van der Waals surface area contributed by atoms with Crippen LogP contribution in [-0.2, 0) is 9.53 Å². The first-order valence-electron chi connectivity index (χ1n) is 10.5. The Morgan fingerprint density at radius 2 is 1.67 bits per heavy atom. The molecule has 2 aromatic carbocycles. The number of hydrogen-bond donors (Lipinski definition) is 2. The first-order chi connectivity index (χ1) is 14.5. The topological polar surface area (TPSA) is 75.6 Å². The Labute approximate surface area is 180 Å². The first kappa shape index (κ1) is 19.5. The molecule has 1 saturated heterocycles. The fourth-order valence-electron chi connectivity index (χ4n) is 5.26. The normalized spacial score (nSPS) is 27.1. The maximum absolute atomic E-state index is 12.5. The Morgan fingerprint density at radius 3 is 2.30 bits per heavy atom. The van der Waals surface area contributed by atoms with Gasteiger partial charge in [-0.3, -0.25) is 4.79 Å². The van der Waals surface area contributed by atoms with Gasteiger partial charge in [-0.05, 0) is 53.7 Å². The third-order valence-corrected chi connectivity index (χ3v) is 8.30. The molecule has 2 aromatic rings. The van der Waals surface area contributed by atoms with E-state index in [4.69, 9.17) is 4.74 Å². The number of benzene rings is 2. The van der Waals surface area contributed by atoms with Crippen molar-refractivity contribution in [2.75, 3.05) is 12.4 Å². The minimum absolute atomic E-state index is 0.0165. The fourth-order valence-corrected chi connectivity index (χ4v) is 7.05. The van der Waals surface area contributed by atoms with Crippen LogP contribution < -0.4 is 5.32 Å². The molecule has 1 unspecified atom stereocenters. The second kappa shape index (κ2) is 7.65. The van der Waals surface area contributed by atoms with Crippen molar-refractivity contribution < 1.29 is 19.4 Å². The summed E-state index contributed by atoms with van der Waals surface area (Å²) in [6, 6.07) is 16.6. The van der Waals surface area contributed by atoms with Crippen molar-refractivity contribution in [1.29, 1.82) is 0 Å². The van der Waals surface area contributed by atoms with Gasteiger partial charge < -0.3 is 15.2 Å². The molecule has 1 spiro atoms. The van der Waals surface area contributed by atoms with Crippen molar-refractivity contribution in [3.63, 3.8) is 0 Å². The number of carboxylic acid groups (broad SMARTS) is 1. The summed E-state index contributed by atoms with van der Waals surface area (Å²) in [5.41, 5.74) is 4.83. The molecule has 2 fully saturated rings. The van der Waals surface area contributed by atoms with Gasteiger partial charge in [0.2, 0.25) is 0 Å². The van der Waals surface area contributed by atoms with Gasteiger partial charge in [0.15, 0.2) is 0 Å². The summed E-state index contributed by atoms with van der Waals surface area (Å²) >= 11 is 1.87. The van der Waals surface area contributed by atoms with Crippen LogP contribution in [0.2, 0.25) is 0 Å². The Bertz CT molecular complexity index is 939. The summed E-state index contributed by atoms with van der Waals surface area (Å²) in [6.07, 6.45) is 2.75. The van der Waals surface area contributed by atoms with Crippen LogP contribution in [0.15, 0.2) is 48.5 Å². The van der Waals surface area contributed by atoms with Crippen molar-refractivity contribution in [2.24, 2.45) is 5.92 Å². The minimum Gasteiger partial charge on any atom is -0.481 e. The number of nitrogens with one attached hydrogen (secondary N) is 1. The molecule has 1 atom stereocenters. The average molecular weight is 424 g/mol. The molecule has 5 rings (SSSR count). The lowest BCUT2D eigenvalue weighted by Crippen LogP contribution is -2.52. The van der Waals surface area contributed by atoms with Crippen LogP contribution in [0.25, 0.3) is 11.1 Å². The van der Waals surface area contributed by atoms with Gasteiger partial charge in [0.25, 0.3) is 0 Å². The Kier molecular flexibility index (Phi) is 4.97.